The summed E-state index contributed by atoms with van der Waals surface area (Å²) in [5.41, 5.74) is 0.347. The van der Waals surface area contributed by atoms with Crippen LogP contribution < -0.4 is 20.1 Å². The first-order valence-corrected chi connectivity index (χ1v) is 10.7. The number of nitrogens with one attached hydrogen (secondary N) is 2. The predicted octanol–water partition coefficient (Wildman–Crippen LogP) is 1.92. The van der Waals surface area contributed by atoms with Gasteiger partial charge in [0.05, 0.1) is 42.9 Å². The van der Waals surface area contributed by atoms with Crippen molar-refractivity contribution < 1.29 is 27.4 Å². The van der Waals surface area contributed by atoms with Gasteiger partial charge in [-0.15, -0.1) is 0 Å². The number of methoxy groups -OCH3 is 2. The molecule has 28 heavy (non-hydrogen) atoms. The number of carbonyl (C=O) groups excluding carboxylic acids is 1. The first kappa shape index (κ1) is 22.5. The van der Waals surface area contributed by atoms with Crippen molar-refractivity contribution in [2.24, 2.45) is 0 Å². The van der Waals surface area contributed by atoms with Gasteiger partial charge in [0.25, 0.3) is 0 Å². The van der Waals surface area contributed by atoms with Gasteiger partial charge in [-0.3, -0.25) is 0 Å². The van der Waals surface area contributed by atoms with Crippen LogP contribution in [-0.4, -0.2) is 70.6 Å². The van der Waals surface area contributed by atoms with Gasteiger partial charge in [-0.25, -0.2) is 13.2 Å². The molecular formula is C17H26ClN3O6S. The first-order chi connectivity index (χ1) is 13.2. The molecule has 1 saturated heterocycles. The third-order valence-corrected chi connectivity index (χ3v) is 6.25. The van der Waals surface area contributed by atoms with Crippen LogP contribution in [0.15, 0.2) is 12.1 Å². The van der Waals surface area contributed by atoms with Gasteiger partial charge in [0.2, 0.25) is 10.0 Å². The smallest absolute Gasteiger partial charge is 0.319 e. The van der Waals surface area contributed by atoms with Crippen LogP contribution >= 0.6 is 11.6 Å². The number of amides is 2. The highest BCUT2D eigenvalue weighted by atomic mass is 35.5. The second-order valence-corrected chi connectivity index (χ2v) is 8.95. The number of morpholine rings is 1. The van der Waals surface area contributed by atoms with Gasteiger partial charge in [0, 0.05) is 31.8 Å². The number of carbonyl (C=O) groups is 1. The molecule has 1 aliphatic rings. The molecule has 11 heteroatoms. The number of anilines is 1. The first-order valence-electron chi connectivity index (χ1n) is 8.76. The van der Waals surface area contributed by atoms with E-state index >= 15 is 0 Å². The van der Waals surface area contributed by atoms with E-state index in [1.54, 1.807) is 0 Å². The second kappa shape index (κ2) is 9.64. The number of rotatable bonds is 7. The van der Waals surface area contributed by atoms with Gasteiger partial charge in [-0.2, -0.15) is 4.31 Å². The van der Waals surface area contributed by atoms with E-state index in [1.807, 2.05) is 13.8 Å². The molecule has 1 fully saturated rings. The molecule has 0 aliphatic carbocycles. The average molecular weight is 436 g/mol. The largest absolute Gasteiger partial charge is 0.495 e. The summed E-state index contributed by atoms with van der Waals surface area (Å²) in [5.74, 6) is 0.516. The number of nitrogens with zero attached hydrogens (tertiary/aromatic N) is 1. The van der Waals surface area contributed by atoms with Gasteiger partial charge in [0.1, 0.15) is 11.5 Å². The van der Waals surface area contributed by atoms with Gasteiger partial charge >= 0.3 is 6.03 Å². The minimum Gasteiger partial charge on any atom is -0.495 e. The lowest BCUT2D eigenvalue weighted by molar-refractivity contribution is -0.0440. The van der Waals surface area contributed by atoms with Crippen LogP contribution in [0.25, 0.3) is 0 Å². The third-order valence-electron chi connectivity index (χ3n) is 4.15. The van der Waals surface area contributed by atoms with E-state index < -0.39 is 16.1 Å². The zero-order chi connectivity index (χ0) is 20.9. The van der Waals surface area contributed by atoms with E-state index in [4.69, 9.17) is 25.8 Å². The molecule has 0 saturated carbocycles. The van der Waals surface area contributed by atoms with E-state index in [9.17, 15) is 13.2 Å². The van der Waals surface area contributed by atoms with E-state index in [0.717, 1.165) is 0 Å². The number of benzene rings is 1. The zero-order valence-electron chi connectivity index (χ0n) is 16.3. The molecule has 1 heterocycles. The predicted molar refractivity (Wildman–Crippen MR) is 107 cm³/mol. The molecule has 2 unspecified atom stereocenters. The summed E-state index contributed by atoms with van der Waals surface area (Å²) in [7, 11) is -0.601. The van der Waals surface area contributed by atoms with Gasteiger partial charge < -0.3 is 24.8 Å². The Hall–Kier alpha value is -1.75. The Morgan fingerprint density at radius 1 is 1.21 bits per heavy atom. The molecule has 1 aromatic rings. The molecule has 1 aromatic carbocycles. The number of ether oxygens (including phenoxy) is 3. The fourth-order valence-corrected chi connectivity index (χ4v) is 4.63. The summed E-state index contributed by atoms with van der Waals surface area (Å²) < 4.78 is 42.2. The molecule has 0 aromatic heterocycles. The molecule has 158 valence electrons. The van der Waals surface area contributed by atoms with E-state index in [-0.39, 0.29) is 24.5 Å². The summed E-state index contributed by atoms with van der Waals surface area (Å²) >= 11 is 6.03. The van der Waals surface area contributed by atoms with Gasteiger partial charge in [0.15, 0.2) is 0 Å². The molecule has 1 aliphatic heterocycles. The normalized spacial score (nSPS) is 20.5. The number of sulfonamides is 1. The van der Waals surface area contributed by atoms with Crippen LogP contribution in [0, 0.1) is 0 Å². The maximum absolute atomic E-state index is 12.5. The van der Waals surface area contributed by atoms with Crippen molar-refractivity contribution in [1.29, 1.82) is 0 Å². The lowest BCUT2D eigenvalue weighted by Crippen LogP contribution is -2.49. The standard InChI is InChI=1S/C17H26ClN3O6S/c1-11-9-21(10-12(2)27-11)28(23,24)6-5-19-17(22)20-14-8-15(25-3)13(18)7-16(14)26-4/h7-8,11-12H,5-6,9-10H2,1-4H3,(H2,19,20,22). The van der Waals surface area contributed by atoms with Crippen molar-refractivity contribution in [2.75, 3.05) is 44.9 Å². The van der Waals surface area contributed by atoms with Crippen LogP contribution in [-0.2, 0) is 14.8 Å². The quantitative estimate of drug-likeness (QED) is 0.677. The lowest BCUT2D eigenvalue weighted by Gasteiger charge is -2.34. The van der Waals surface area contributed by atoms with Crippen LogP contribution in [0.5, 0.6) is 11.5 Å². The Kier molecular flexibility index (Phi) is 7.76. The summed E-state index contributed by atoms with van der Waals surface area (Å²) in [4.78, 5) is 12.2. The van der Waals surface area contributed by atoms with Gasteiger partial charge in [-0.05, 0) is 13.8 Å². The molecule has 2 N–H and O–H groups in total. The van der Waals surface area contributed by atoms with E-state index in [1.165, 1.54) is 30.7 Å². The second-order valence-electron chi connectivity index (χ2n) is 6.46. The van der Waals surface area contributed by atoms with Crippen LogP contribution in [0.4, 0.5) is 10.5 Å². The number of hydrogen-bond donors (Lipinski definition) is 2. The molecule has 0 spiro atoms. The lowest BCUT2D eigenvalue weighted by atomic mass is 10.2. The van der Waals surface area contributed by atoms with Crippen molar-refractivity contribution in [3.63, 3.8) is 0 Å². The molecule has 2 atom stereocenters. The Morgan fingerprint density at radius 2 is 1.82 bits per heavy atom. The molecule has 9 nitrogen and oxygen atoms in total. The third kappa shape index (κ3) is 5.87. The maximum Gasteiger partial charge on any atom is 0.319 e. The highest BCUT2D eigenvalue weighted by Crippen LogP contribution is 2.35. The van der Waals surface area contributed by atoms with E-state index in [0.29, 0.717) is 35.3 Å². The number of hydrogen-bond acceptors (Lipinski definition) is 6. The minimum atomic E-state index is -3.50. The summed E-state index contributed by atoms with van der Waals surface area (Å²) in [6.07, 6.45) is -0.329. The van der Waals surface area contributed by atoms with Crippen LogP contribution in [0.2, 0.25) is 5.02 Å². The summed E-state index contributed by atoms with van der Waals surface area (Å²) in [6, 6.07) is 2.47. The van der Waals surface area contributed by atoms with Crippen molar-refractivity contribution in [3.05, 3.63) is 17.2 Å². The Bertz CT molecular complexity index is 794. The summed E-state index contributed by atoms with van der Waals surface area (Å²) in [6.45, 7) is 4.23. The average Bonchev–Trinajstić information content (AvgIpc) is 2.61. The fraction of sp³-hybridized carbons (Fsp3) is 0.588. The van der Waals surface area contributed by atoms with Crippen molar-refractivity contribution >= 4 is 33.3 Å². The summed E-state index contributed by atoms with van der Waals surface area (Å²) in [5, 5.41) is 5.48. The molecular weight excluding hydrogens is 410 g/mol. The highest BCUT2D eigenvalue weighted by Gasteiger charge is 2.30. The highest BCUT2D eigenvalue weighted by molar-refractivity contribution is 7.89. The Balaban J connectivity index is 1.92. The molecule has 0 bridgehead atoms. The number of urea groups is 1. The Labute approximate surface area is 170 Å². The van der Waals surface area contributed by atoms with Crippen molar-refractivity contribution in [3.8, 4) is 11.5 Å². The maximum atomic E-state index is 12.5. The number of halogens is 1. The zero-order valence-corrected chi connectivity index (χ0v) is 17.9. The molecule has 0 radical (unpaired) electrons. The van der Waals surface area contributed by atoms with Crippen molar-refractivity contribution in [1.82, 2.24) is 9.62 Å². The van der Waals surface area contributed by atoms with E-state index in [2.05, 4.69) is 10.6 Å². The topological polar surface area (TPSA) is 106 Å². The molecule has 2 rings (SSSR count). The SMILES string of the molecule is COc1cc(NC(=O)NCCS(=O)(=O)N2CC(C)OC(C)C2)c(OC)cc1Cl. The molecule has 2 amide bonds. The van der Waals surface area contributed by atoms with Crippen LogP contribution in [0.1, 0.15) is 13.8 Å². The minimum absolute atomic E-state index is 0.0404. The van der Waals surface area contributed by atoms with Crippen LogP contribution in [0.3, 0.4) is 0 Å². The fourth-order valence-electron chi connectivity index (χ4n) is 2.91. The Morgan fingerprint density at radius 3 is 2.39 bits per heavy atom. The van der Waals surface area contributed by atoms with Crippen molar-refractivity contribution in [2.45, 2.75) is 26.1 Å². The van der Waals surface area contributed by atoms with Gasteiger partial charge in [-0.1, -0.05) is 11.6 Å². The monoisotopic (exact) mass is 435 g/mol.